The number of halogens is 1. The SMILES string of the molecule is Cc1ccccc1OCc1nc2ccccc2n1CCCOc1ccccc1Cl. The van der Waals surface area contributed by atoms with Crippen LogP contribution in [0.15, 0.2) is 72.8 Å². The van der Waals surface area contributed by atoms with Gasteiger partial charge >= 0.3 is 0 Å². The van der Waals surface area contributed by atoms with E-state index in [-0.39, 0.29) is 0 Å². The maximum absolute atomic E-state index is 6.16. The van der Waals surface area contributed by atoms with Crippen molar-refractivity contribution in [3.63, 3.8) is 0 Å². The number of aromatic nitrogens is 2. The molecule has 3 aromatic carbocycles. The van der Waals surface area contributed by atoms with Crippen LogP contribution in [0, 0.1) is 6.92 Å². The van der Waals surface area contributed by atoms with E-state index in [9.17, 15) is 0 Å². The minimum atomic E-state index is 0.422. The Morgan fingerprint density at radius 1 is 0.862 bits per heavy atom. The fourth-order valence-electron chi connectivity index (χ4n) is 3.31. The molecule has 4 nitrogen and oxygen atoms in total. The van der Waals surface area contributed by atoms with E-state index in [1.807, 2.05) is 73.7 Å². The number of fused-ring (bicyclic) bond motifs is 1. The fourth-order valence-corrected chi connectivity index (χ4v) is 3.50. The molecule has 0 saturated heterocycles. The fraction of sp³-hybridized carbons (Fsp3) is 0.208. The lowest BCUT2D eigenvalue weighted by molar-refractivity contribution is 0.279. The second kappa shape index (κ2) is 9.01. The Bertz CT molecular complexity index is 1110. The Morgan fingerprint density at radius 2 is 1.59 bits per heavy atom. The van der Waals surface area contributed by atoms with E-state index >= 15 is 0 Å². The van der Waals surface area contributed by atoms with Gasteiger partial charge < -0.3 is 14.0 Å². The summed E-state index contributed by atoms with van der Waals surface area (Å²) in [6.45, 7) is 3.83. The highest BCUT2D eigenvalue weighted by Gasteiger charge is 2.12. The van der Waals surface area contributed by atoms with Gasteiger partial charge in [0.15, 0.2) is 0 Å². The molecule has 0 bridgehead atoms. The lowest BCUT2D eigenvalue weighted by Gasteiger charge is -2.12. The standard InChI is InChI=1S/C24H23ClN2O2/c1-18-9-2-6-13-22(18)29-17-24-26-20-11-4-5-12-21(20)27(24)15-8-16-28-23-14-7-3-10-19(23)25/h2-7,9-14H,8,15-17H2,1H3. The monoisotopic (exact) mass is 406 g/mol. The molecule has 0 saturated carbocycles. The molecular weight excluding hydrogens is 384 g/mol. The topological polar surface area (TPSA) is 36.3 Å². The van der Waals surface area contributed by atoms with Gasteiger partial charge in [-0.1, -0.05) is 54.1 Å². The van der Waals surface area contributed by atoms with Crippen molar-refractivity contribution in [2.24, 2.45) is 0 Å². The highest BCUT2D eigenvalue weighted by molar-refractivity contribution is 6.32. The van der Waals surface area contributed by atoms with Crippen molar-refractivity contribution in [1.29, 1.82) is 0 Å². The lowest BCUT2D eigenvalue weighted by Crippen LogP contribution is -2.10. The molecule has 0 fully saturated rings. The Hall–Kier alpha value is -2.98. The Balaban J connectivity index is 1.46. The van der Waals surface area contributed by atoms with Crippen LogP contribution in [0.25, 0.3) is 11.0 Å². The second-order valence-corrected chi connectivity index (χ2v) is 7.26. The number of imidazole rings is 1. The normalized spacial score (nSPS) is 11.0. The smallest absolute Gasteiger partial charge is 0.148 e. The number of ether oxygens (including phenoxy) is 2. The molecule has 0 amide bonds. The highest BCUT2D eigenvalue weighted by atomic mass is 35.5. The summed E-state index contributed by atoms with van der Waals surface area (Å²) in [4.78, 5) is 4.78. The summed E-state index contributed by atoms with van der Waals surface area (Å²) >= 11 is 6.16. The van der Waals surface area contributed by atoms with Gasteiger partial charge in [0.25, 0.3) is 0 Å². The second-order valence-electron chi connectivity index (χ2n) is 6.85. The first kappa shape index (κ1) is 19.3. The first-order valence-electron chi connectivity index (χ1n) is 9.72. The average molecular weight is 407 g/mol. The first-order chi connectivity index (χ1) is 14.2. The molecule has 0 radical (unpaired) electrons. The Kier molecular flexibility index (Phi) is 6.01. The number of aryl methyl sites for hydroxylation is 2. The van der Waals surface area contributed by atoms with Crippen molar-refractivity contribution in [2.45, 2.75) is 26.5 Å². The molecule has 4 rings (SSSR count). The zero-order valence-electron chi connectivity index (χ0n) is 16.3. The Labute approximate surface area is 175 Å². The van der Waals surface area contributed by atoms with Gasteiger partial charge in [0.2, 0.25) is 0 Å². The van der Waals surface area contributed by atoms with Gasteiger partial charge in [0.05, 0.1) is 22.7 Å². The summed E-state index contributed by atoms with van der Waals surface area (Å²) in [6, 6.07) is 23.7. The van der Waals surface area contributed by atoms with Crippen LogP contribution in [0.2, 0.25) is 5.02 Å². The quantitative estimate of drug-likeness (QED) is 0.334. The van der Waals surface area contributed by atoms with Gasteiger partial charge in [0, 0.05) is 6.54 Å². The molecule has 4 aromatic rings. The van der Waals surface area contributed by atoms with Crippen molar-refractivity contribution in [3.05, 3.63) is 89.2 Å². The molecule has 5 heteroatoms. The third kappa shape index (κ3) is 4.54. The van der Waals surface area contributed by atoms with Crippen LogP contribution in [0.1, 0.15) is 17.8 Å². The van der Waals surface area contributed by atoms with Crippen molar-refractivity contribution < 1.29 is 9.47 Å². The highest BCUT2D eigenvalue weighted by Crippen LogP contribution is 2.24. The predicted molar refractivity (Wildman–Crippen MR) is 117 cm³/mol. The molecule has 0 atom stereocenters. The molecule has 0 aliphatic rings. The molecule has 0 unspecified atom stereocenters. The van der Waals surface area contributed by atoms with E-state index in [0.717, 1.165) is 41.1 Å². The van der Waals surface area contributed by atoms with Crippen LogP contribution in [0.4, 0.5) is 0 Å². The molecular formula is C24H23ClN2O2. The third-order valence-electron chi connectivity index (χ3n) is 4.80. The number of hydrogen-bond acceptors (Lipinski definition) is 3. The van der Waals surface area contributed by atoms with Gasteiger partial charge in [0.1, 0.15) is 23.9 Å². The van der Waals surface area contributed by atoms with E-state index < -0.39 is 0 Å². The summed E-state index contributed by atoms with van der Waals surface area (Å²) < 4.78 is 14.1. The van der Waals surface area contributed by atoms with Gasteiger partial charge in [-0.3, -0.25) is 0 Å². The predicted octanol–water partition coefficient (Wildman–Crippen LogP) is 6.05. The molecule has 0 aliphatic heterocycles. The maximum atomic E-state index is 6.16. The van der Waals surface area contributed by atoms with E-state index in [0.29, 0.717) is 24.0 Å². The van der Waals surface area contributed by atoms with Gasteiger partial charge in [-0.25, -0.2) is 4.98 Å². The zero-order chi connectivity index (χ0) is 20.1. The zero-order valence-corrected chi connectivity index (χ0v) is 17.1. The van der Waals surface area contributed by atoms with E-state index in [4.69, 9.17) is 26.1 Å². The maximum Gasteiger partial charge on any atom is 0.148 e. The molecule has 0 N–H and O–H groups in total. The summed E-state index contributed by atoms with van der Waals surface area (Å²) in [5, 5.41) is 0.632. The van der Waals surface area contributed by atoms with Crippen LogP contribution < -0.4 is 9.47 Å². The van der Waals surface area contributed by atoms with Crippen LogP contribution >= 0.6 is 11.6 Å². The summed E-state index contributed by atoms with van der Waals surface area (Å²) in [7, 11) is 0. The number of benzene rings is 3. The molecule has 0 aliphatic carbocycles. The molecule has 29 heavy (non-hydrogen) atoms. The molecule has 0 spiro atoms. The van der Waals surface area contributed by atoms with Gasteiger partial charge in [-0.05, 0) is 49.2 Å². The van der Waals surface area contributed by atoms with Crippen LogP contribution in [-0.4, -0.2) is 16.2 Å². The molecule has 148 valence electrons. The summed E-state index contributed by atoms with van der Waals surface area (Å²) in [5.74, 6) is 2.51. The van der Waals surface area contributed by atoms with Crippen LogP contribution in [0.5, 0.6) is 11.5 Å². The van der Waals surface area contributed by atoms with Gasteiger partial charge in [-0.15, -0.1) is 0 Å². The lowest BCUT2D eigenvalue weighted by atomic mass is 10.2. The first-order valence-corrected chi connectivity index (χ1v) is 10.1. The van der Waals surface area contributed by atoms with Crippen LogP contribution in [0.3, 0.4) is 0 Å². The summed E-state index contributed by atoms with van der Waals surface area (Å²) in [6.07, 6.45) is 0.836. The summed E-state index contributed by atoms with van der Waals surface area (Å²) in [5.41, 5.74) is 3.19. The number of hydrogen-bond donors (Lipinski definition) is 0. The number of para-hydroxylation sites is 4. The van der Waals surface area contributed by atoms with E-state index in [2.05, 4.69) is 10.6 Å². The minimum absolute atomic E-state index is 0.422. The minimum Gasteiger partial charge on any atom is -0.492 e. The third-order valence-corrected chi connectivity index (χ3v) is 5.12. The van der Waals surface area contributed by atoms with E-state index in [1.165, 1.54) is 0 Å². The number of rotatable bonds is 8. The van der Waals surface area contributed by atoms with E-state index in [1.54, 1.807) is 0 Å². The number of nitrogens with zero attached hydrogens (tertiary/aromatic N) is 2. The molecule has 1 aromatic heterocycles. The Morgan fingerprint density at radius 3 is 2.41 bits per heavy atom. The van der Waals surface area contributed by atoms with Crippen molar-refractivity contribution in [2.75, 3.05) is 6.61 Å². The van der Waals surface area contributed by atoms with Crippen molar-refractivity contribution >= 4 is 22.6 Å². The van der Waals surface area contributed by atoms with Crippen molar-refractivity contribution in [1.82, 2.24) is 9.55 Å². The largest absolute Gasteiger partial charge is 0.492 e. The van der Waals surface area contributed by atoms with Crippen LogP contribution in [-0.2, 0) is 13.2 Å². The van der Waals surface area contributed by atoms with Gasteiger partial charge in [-0.2, -0.15) is 0 Å². The van der Waals surface area contributed by atoms with Crippen molar-refractivity contribution in [3.8, 4) is 11.5 Å². The average Bonchev–Trinajstić information content (AvgIpc) is 3.09. The molecule has 1 heterocycles.